The molecule has 5 amide bonds. The third-order valence-electron chi connectivity index (χ3n) is 9.73. The lowest BCUT2D eigenvalue weighted by Crippen LogP contribution is -2.42. The van der Waals surface area contributed by atoms with Crippen molar-refractivity contribution in [3.63, 3.8) is 0 Å². The Morgan fingerprint density at radius 2 is 1.35 bits per heavy atom. The quantitative estimate of drug-likeness (QED) is 0.136. The van der Waals surface area contributed by atoms with Crippen LogP contribution < -0.4 is 10.6 Å². The monoisotopic (exact) mass is 784 g/mol. The van der Waals surface area contributed by atoms with Crippen LogP contribution in [0.1, 0.15) is 76.1 Å². The Labute approximate surface area is 337 Å². The van der Waals surface area contributed by atoms with E-state index in [9.17, 15) is 24.0 Å². The molecule has 13 heteroatoms. The molecule has 0 aromatic heterocycles. The first-order valence-corrected chi connectivity index (χ1v) is 19.9. The average molecular weight is 785 g/mol. The fourth-order valence-corrected chi connectivity index (χ4v) is 6.39. The van der Waals surface area contributed by atoms with Gasteiger partial charge in [-0.15, -0.1) is 0 Å². The number of unbranched alkanes of at least 4 members (excludes halogenated alkanes) is 1. The van der Waals surface area contributed by atoms with Crippen molar-refractivity contribution in [3.05, 3.63) is 84.4 Å². The van der Waals surface area contributed by atoms with Crippen molar-refractivity contribution >= 4 is 41.3 Å². The van der Waals surface area contributed by atoms with Crippen molar-refractivity contribution in [2.75, 3.05) is 71.0 Å². The van der Waals surface area contributed by atoms with Crippen LogP contribution in [0.25, 0.3) is 11.1 Å². The third kappa shape index (κ3) is 15.2. The number of carbonyl (C=O) groups excluding carboxylic acids is 5. The van der Waals surface area contributed by atoms with Gasteiger partial charge in [-0.3, -0.25) is 19.7 Å². The maximum absolute atomic E-state index is 12.9. The molecule has 57 heavy (non-hydrogen) atoms. The molecule has 4 rings (SSSR count). The van der Waals surface area contributed by atoms with E-state index >= 15 is 0 Å². The number of rotatable bonds is 17. The van der Waals surface area contributed by atoms with Crippen LogP contribution in [0.15, 0.2) is 78.9 Å². The lowest BCUT2D eigenvalue weighted by Gasteiger charge is -2.32. The van der Waals surface area contributed by atoms with Crippen LogP contribution in [0.3, 0.4) is 0 Å². The Bertz CT molecular complexity index is 1770. The van der Waals surface area contributed by atoms with Gasteiger partial charge in [-0.1, -0.05) is 48.5 Å². The van der Waals surface area contributed by atoms with Gasteiger partial charge in [0, 0.05) is 90.1 Å². The molecule has 0 atom stereocenters. The lowest BCUT2D eigenvalue weighted by atomic mass is 10.0. The van der Waals surface area contributed by atoms with E-state index in [4.69, 9.17) is 9.47 Å². The van der Waals surface area contributed by atoms with E-state index in [2.05, 4.69) is 15.5 Å². The minimum absolute atomic E-state index is 0.0429. The van der Waals surface area contributed by atoms with E-state index in [1.165, 1.54) is 4.90 Å². The standard InChI is InChI=1S/C44H60N6O7/c1-44(2,3)57-43(55)49(6)28-14-27-48(5)41(53)34-21-23-35(24-22-34)45-39(51)19-12-13-20-40(52)47(4)31-32-50-29-25-36(26-30-50)56-42(54)46-38-18-11-10-17-37(38)33-15-8-7-9-16-33/h7-11,15-18,21-24,36H,12-14,19-20,25-32H2,1-6H3,(H,45,51)(H,46,54). The van der Waals surface area contributed by atoms with Gasteiger partial charge in [0.25, 0.3) is 5.91 Å². The average Bonchev–Trinajstić information content (AvgIpc) is 3.18. The second kappa shape index (κ2) is 21.8. The Hall–Kier alpha value is -5.43. The smallest absolute Gasteiger partial charge is 0.411 e. The number of nitrogens with zero attached hydrogens (tertiary/aromatic N) is 4. The van der Waals surface area contributed by atoms with Crippen molar-refractivity contribution in [1.29, 1.82) is 0 Å². The van der Waals surface area contributed by atoms with Crippen LogP contribution in [0.5, 0.6) is 0 Å². The summed E-state index contributed by atoms with van der Waals surface area (Å²) in [6.45, 7) is 9.27. The largest absolute Gasteiger partial charge is 0.446 e. The van der Waals surface area contributed by atoms with Gasteiger partial charge in [-0.05, 0) is 88.8 Å². The van der Waals surface area contributed by atoms with E-state index in [1.54, 1.807) is 55.2 Å². The number of ether oxygens (including phenoxy) is 2. The number of piperidine rings is 1. The number of hydrogen-bond acceptors (Lipinski definition) is 8. The highest BCUT2D eigenvalue weighted by Crippen LogP contribution is 2.28. The summed E-state index contributed by atoms with van der Waals surface area (Å²) in [4.78, 5) is 70.3. The highest BCUT2D eigenvalue weighted by Gasteiger charge is 2.24. The molecule has 308 valence electrons. The van der Waals surface area contributed by atoms with E-state index in [-0.39, 0.29) is 30.2 Å². The first-order chi connectivity index (χ1) is 27.2. The Morgan fingerprint density at radius 1 is 0.719 bits per heavy atom. The van der Waals surface area contributed by atoms with E-state index < -0.39 is 17.8 Å². The number of nitrogens with one attached hydrogen (secondary N) is 2. The van der Waals surface area contributed by atoms with Crippen LogP contribution >= 0.6 is 0 Å². The summed E-state index contributed by atoms with van der Waals surface area (Å²) < 4.78 is 11.1. The first-order valence-electron chi connectivity index (χ1n) is 19.9. The van der Waals surface area contributed by atoms with Crippen LogP contribution in [-0.2, 0) is 19.1 Å². The summed E-state index contributed by atoms with van der Waals surface area (Å²) in [5.74, 6) is -0.260. The summed E-state index contributed by atoms with van der Waals surface area (Å²) in [6.07, 6.45) is 2.86. The van der Waals surface area contributed by atoms with Gasteiger partial charge in [-0.25, -0.2) is 9.59 Å². The van der Waals surface area contributed by atoms with E-state index in [0.29, 0.717) is 62.3 Å². The summed E-state index contributed by atoms with van der Waals surface area (Å²) in [5.41, 5.74) is 3.19. The summed E-state index contributed by atoms with van der Waals surface area (Å²) in [7, 11) is 5.19. The van der Waals surface area contributed by atoms with Crippen molar-refractivity contribution in [2.24, 2.45) is 0 Å². The molecule has 1 aliphatic heterocycles. The van der Waals surface area contributed by atoms with Gasteiger partial charge in [0.15, 0.2) is 0 Å². The summed E-state index contributed by atoms with van der Waals surface area (Å²) in [5, 5.41) is 5.78. The molecule has 3 aromatic carbocycles. The number of benzene rings is 3. The first kappa shape index (κ1) is 44.3. The van der Waals surface area contributed by atoms with Crippen molar-refractivity contribution < 1.29 is 33.4 Å². The summed E-state index contributed by atoms with van der Waals surface area (Å²) >= 11 is 0. The summed E-state index contributed by atoms with van der Waals surface area (Å²) in [6, 6.07) is 24.3. The minimum atomic E-state index is -0.566. The Morgan fingerprint density at radius 3 is 2.04 bits per heavy atom. The minimum Gasteiger partial charge on any atom is -0.446 e. The van der Waals surface area contributed by atoms with Gasteiger partial charge < -0.3 is 34.4 Å². The molecular formula is C44H60N6O7. The molecule has 0 aliphatic carbocycles. The Balaban J connectivity index is 1.05. The number of anilines is 2. The third-order valence-corrected chi connectivity index (χ3v) is 9.73. The molecule has 13 nitrogen and oxygen atoms in total. The second-order valence-electron chi connectivity index (χ2n) is 15.6. The second-order valence-corrected chi connectivity index (χ2v) is 15.6. The highest BCUT2D eigenvalue weighted by molar-refractivity contribution is 5.96. The number of likely N-dealkylation sites (N-methyl/N-ethyl adjacent to an activating group) is 1. The van der Waals surface area contributed by atoms with E-state index in [0.717, 1.165) is 43.6 Å². The van der Waals surface area contributed by atoms with Gasteiger partial charge in [0.05, 0.1) is 5.69 Å². The molecule has 1 fully saturated rings. The molecule has 0 radical (unpaired) electrons. The maximum Gasteiger partial charge on any atom is 0.411 e. The van der Waals surface area contributed by atoms with Gasteiger partial charge in [0.2, 0.25) is 11.8 Å². The van der Waals surface area contributed by atoms with Crippen LogP contribution in [0.2, 0.25) is 0 Å². The van der Waals surface area contributed by atoms with Crippen LogP contribution in [0.4, 0.5) is 21.0 Å². The van der Waals surface area contributed by atoms with Crippen LogP contribution in [-0.4, -0.2) is 122 Å². The molecule has 2 N–H and O–H groups in total. The predicted octanol–water partition coefficient (Wildman–Crippen LogP) is 7.35. The van der Waals surface area contributed by atoms with Crippen LogP contribution in [0, 0.1) is 0 Å². The maximum atomic E-state index is 12.9. The van der Waals surface area contributed by atoms with Crippen molar-refractivity contribution in [3.8, 4) is 11.1 Å². The number of amides is 5. The van der Waals surface area contributed by atoms with Gasteiger partial charge in [-0.2, -0.15) is 0 Å². The SMILES string of the molecule is CN(CCN1CCC(OC(=O)Nc2ccccc2-c2ccccc2)CC1)C(=O)CCCCC(=O)Nc1ccc(C(=O)N(C)CCCN(C)C(=O)OC(C)(C)C)cc1. The van der Waals surface area contributed by atoms with Crippen molar-refractivity contribution in [2.45, 2.75) is 77.4 Å². The van der Waals surface area contributed by atoms with E-state index in [1.807, 2.05) is 75.4 Å². The molecular weight excluding hydrogens is 725 g/mol. The number of likely N-dealkylation sites (tertiary alicyclic amines) is 1. The fourth-order valence-electron chi connectivity index (χ4n) is 6.39. The zero-order valence-electron chi connectivity index (χ0n) is 34.4. The van der Waals surface area contributed by atoms with Crippen molar-refractivity contribution in [1.82, 2.24) is 19.6 Å². The number of para-hydroxylation sites is 1. The molecule has 0 saturated carbocycles. The molecule has 1 saturated heterocycles. The number of carbonyl (C=O) groups is 5. The topological polar surface area (TPSA) is 141 Å². The predicted molar refractivity (Wildman–Crippen MR) is 223 cm³/mol. The molecule has 0 spiro atoms. The van der Waals surface area contributed by atoms with Gasteiger partial charge in [0.1, 0.15) is 11.7 Å². The molecule has 1 heterocycles. The number of hydrogen-bond donors (Lipinski definition) is 2. The molecule has 0 unspecified atom stereocenters. The Kier molecular flexibility index (Phi) is 16.9. The normalized spacial score (nSPS) is 13.3. The van der Waals surface area contributed by atoms with Gasteiger partial charge >= 0.3 is 12.2 Å². The zero-order chi connectivity index (χ0) is 41.4. The lowest BCUT2D eigenvalue weighted by molar-refractivity contribution is -0.130. The fraction of sp³-hybridized carbons (Fsp3) is 0.477. The molecule has 1 aliphatic rings. The zero-order valence-corrected chi connectivity index (χ0v) is 34.4. The highest BCUT2D eigenvalue weighted by atomic mass is 16.6. The molecule has 3 aromatic rings. The molecule has 0 bridgehead atoms.